The molecule has 1 atom stereocenters. The maximum absolute atomic E-state index is 13.5. The summed E-state index contributed by atoms with van der Waals surface area (Å²) in [4.78, 5) is 14.7. The lowest BCUT2D eigenvalue weighted by Gasteiger charge is -2.28. The third-order valence-electron chi connectivity index (χ3n) is 2.62. The third-order valence-corrected chi connectivity index (χ3v) is 2.62. The summed E-state index contributed by atoms with van der Waals surface area (Å²) in [5.74, 6) is -0.284. The van der Waals surface area contributed by atoms with Crippen molar-refractivity contribution in [1.82, 2.24) is 9.80 Å². The molecular formula is C12H17FN2O. The van der Waals surface area contributed by atoms with Gasteiger partial charge in [-0.2, -0.15) is 0 Å². The molecule has 0 aliphatic carbocycles. The van der Waals surface area contributed by atoms with Crippen molar-refractivity contribution in [1.29, 1.82) is 0 Å². The van der Waals surface area contributed by atoms with Crippen molar-refractivity contribution in [3.8, 4) is 0 Å². The number of carbonyl (C=O) groups is 1. The normalized spacial score (nSPS) is 12.1. The molecule has 2 amide bonds. The van der Waals surface area contributed by atoms with Gasteiger partial charge in [-0.3, -0.25) is 0 Å². The fraction of sp³-hybridized carbons (Fsp3) is 0.417. The molecule has 0 N–H and O–H groups in total. The third kappa shape index (κ3) is 2.51. The van der Waals surface area contributed by atoms with Crippen molar-refractivity contribution in [2.24, 2.45) is 0 Å². The Labute approximate surface area is 95.5 Å². The molecule has 0 aliphatic rings. The van der Waals surface area contributed by atoms with E-state index in [4.69, 9.17) is 0 Å². The molecule has 0 bridgehead atoms. The molecule has 4 heteroatoms. The lowest BCUT2D eigenvalue weighted by Crippen LogP contribution is -2.38. The lowest BCUT2D eigenvalue weighted by atomic mass is 10.1. The standard InChI is InChI=1S/C12H17FN2O/c1-9(15(4)12(16)14(2)3)10-7-5-6-8-11(10)13/h5-9H,1-4H3. The van der Waals surface area contributed by atoms with Gasteiger partial charge in [0.2, 0.25) is 0 Å². The van der Waals surface area contributed by atoms with Crippen LogP contribution in [0.3, 0.4) is 0 Å². The Balaban J connectivity index is 2.90. The molecule has 0 aliphatic heterocycles. The van der Waals surface area contributed by atoms with Gasteiger partial charge in [-0.1, -0.05) is 18.2 Å². The van der Waals surface area contributed by atoms with Gasteiger partial charge in [0.15, 0.2) is 0 Å². The Morgan fingerprint density at radius 2 is 1.81 bits per heavy atom. The van der Waals surface area contributed by atoms with Gasteiger partial charge in [0, 0.05) is 26.7 Å². The fourth-order valence-corrected chi connectivity index (χ4v) is 1.50. The van der Waals surface area contributed by atoms with E-state index in [2.05, 4.69) is 0 Å². The minimum Gasteiger partial charge on any atom is -0.331 e. The summed E-state index contributed by atoms with van der Waals surface area (Å²) in [5.41, 5.74) is 0.528. The van der Waals surface area contributed by atoms with Crippen molar-refractivity contribution < 1.29 is 9.18 Å². The molecule has 0 fully saturated rings. The molecule has 1 aromatic rings. The second-order valence-corrected chi connectivity index (χ2v) is 3.99. The summed E-state index contributed by atoms with van der Waals surface area (Å²) in [6, 6.07) is 6.08. The quantitative estimate of drug-likeness (QED) is 0.757. The summed E-state index contributed by atoms with van der Waals surface area (Å²) in [6.45, 7) is 1.81. The van der Waals surface area contributed by atoms with Crippen LogP contribution in [-0.2, 0) is 0 Å². The second-order valence-electron chi connectivity index (χ2n) is 3.99. The highest BCUT2D eigenvalue weighted by Gasteiger charge is 2.20. The van der Waals surface area contributed by atoms with Crippen LogP contribution >= 0.6 is 0 Å². The van der Waals surface area contributed by atoms with Crippen LogP contribution in [0, 0.1) is 5.82 Å². The Bertz CT molecular complexity index is 379. The zero-order valence-electron chi connectivity index (χ0n) is 10.1. The molecule has 88 valence electrons. The van der Waals surface area contributed by atoms with Crippen LogP contribution in [0.2, 0.25) is 0 Å². The van der Waals surface area contributed by atoms with Crippen molar-refractivity contribution >= 4 is 6.03 Å². The number of nitrogens with zero attached hydrogens (tertiary/aromatic N) is 2. The van der Waals surface area contributed by atoms with Crippen LogP contribution in [0.4, 0.5) is 9.18 Å². The molecule has 0 saturated heterocycles. The van der Waals surface area contributed by atoms with Crippen LogP contribution in [0.25, 0.3) is 0 Å². The van der Waals surface area contributed by atoms with E-state index in [-0.39, 0.29) is 17.9 Å². The maximum Gasteiger partial charge on any atom is 0.319 e. The average molecular weight is 224 g/mol. The maximum atomic E-state index is 13.5. The molecule has 0 heterocycles. The zero-order valence-corrected chi connectivity index (χ0v) is 10.1. The minimum absolute atomic E-state index is 0.143. The molecule has 0 saturated carbocycles. The Hall–Kier alpha value is -1.58. The van der Waals surface area contributed by atoms with E-state index >= 15 is 0 Å². The van der Waals surface area contributed by atoms with E-state index in [0.29, 0.717) is 5.56 Å². The van der Waals surface area contributed by atoms with Crippen molar-refractivity contribution in [3.05, 3.63) is 35.6 Å². The van der Waals surface area contributed by atoms with Gasteiger partial charge >= 0.3 is 6.03 Å². The topological polar surface area (TPSA) is 23.6 Å². The molecule has 0 spiro atoms. The summed E-state index contributed by atoms with van der Waals surface area (Å²) in [7, 11) is 5.01. The van der Waals surface area contributed by atoms with Crippen LogP contribution in [0.5, 0.6) is 0 Å². The average Bonchev–Trinajstić information content (AvgIpc) is 2.26. The molecule has 16 heavy (non-hydrogen) atoms. The van der Waals surface area contributed by atoms with Gasteiger partial charge < -0.3 is 9.80 Å². The Morgan fingerprint density at radius 1 is 1.25 bits per heavy atom. The van der Waals surface area contributed by atoms with Gasteiger partial charge in [0.05, 0.1) is 6.04 Å². The number of halogens is 1. The van der Waals surface area contributed by atoms with Gasteiger partial charge in [-0.05, 0) is 13.0 Å². The van der Waals surface area contributed by atoms with Crippen molar-refractivity contribution in [2.75, 3.05) is 21.1 Å². The molecular weight excluding hydrogens is 207 g/mol. The second kappa shape index (κ2) is 4.96. The number of rotatable bonds is 2. The largest absolute Gasteiger partial charge is 0.331 e. The molecule has 3 nitrogen and oxygen atoms in total. The number of urea groups is 1. The van der Waals surface area contributed by atoms with E-state index in [1.54, 1.807) is 46.3 Å². The first-order chi connectivity index (χ1) is 7.45. The van der Waals surface area contributed by atoms with E-state index in [0.717, 1.165) is 0 Å². The first-order valence-corrected chi connectivity index (χ1v) is 5.13. The van der Waals surface area contributed by atoms with Crippen LogP contribution in [-0.4, -0.2) is 37.0 Å². The van der Waals surface area contributed by atoms with Gasteiger partial charge in [-0.25, -0.2) is 9.18 Å². The molecule has 0 aromatic heterocycles. The molecule has 1 unspecified atom stereocenters. The number of hydrogen-bond acceptors (Lipinski definition) is 1. The Kier molecular flexibility index (Phi) is 3.88. The van der Waals surface area contributed by atoms with E-state index in [9.17, 15) is 9.18 Å². The number of carbonyl (C=O) groups excluding carboxylic acids is 1. The predicted molar refractivity (Wildman–Crippen MR) is 61.7 cm³/mol. The summed E-state index contributed by atoms with van der Waals surface area (Å²) in [5, 5.41) is 0. The fourth-order valence-electron chi connectivity index (χ4n) is 1.50. The monoisotopic (exact) mass is 224 g/mol. The van der Waals surface area contributed by atoms with Gasteiger partial charge in [-0.15, -0.1) is 0 Å². The zero-order chi connectivity index (χ0) is 12.3. The van der Waals surface area contributed by atoms with E-state index in [1.165, 1.54) is 15.9 Å². The minimum atomic E-state index is -0.284. The highest BCUT2D eigenvalue weighted by atomic mass is 19.1. The van der Waals surface area contributed by atoms with Crippen LogP contribution < -0.4 is 0 Å². The predicted octanol–water partition coefficient (Wildman–Crippen LogP) is 2.50. The smallest absolute Gasteiger partial charge is 0.319 e. The first-order valence-electron chi connectivity index (χ1n) is 5.13. The van der Waals surface area contributed by atoms with E-state index < -0.39 is 0 Å². The molecule has 1 aromatic carbocycles. The number of amides is 2. The van der Waals surface area contributed by atoms with Crippen LogP contribution in [0.15, 0.2) is 24.3 Å². The number of benzene rings is 1. The van der Waals surface area contributed by atoms with Gasteiger partial charge in [0.1, 0.15) is 5.82 Å². The van der Waals surface area contributed by atoms with Crippen LogP contribution in [0.1, 0.15) is 18.5 Å². The van der Waals surface area contributed by atoms with Crippen molar-refractivity contribution in [3.63, 3.8) is 0 Å². The lowest BCUT2D eigenvalue weighted by molar-refractivity contribution is 0.167. The SMILES string of the molecule is CC(c1ccccc1F)N(C)C(=O)N(C)C. The van der Waals surface area contributed by atoms with Crippen molar-refractivity contribution in [2.45, 2.75) is 13.0 Å². The highest BCUT2D eigenvalue weighted by Crippen LogP contribution is 2.21. The van der Waals surface area contributed by atoms with E-state index in [1.807, 2.05) is 0 Å². The highest BCUT2D eigenvalue weighted by molar-refractivity contribution is 5.74. The summed E-state index contributed by atoms with van der Waals surface area (Å²) in [6.07, 6.45) is 0. The van der Waals surface area contributed by atoms with Gasteiger partial charge in [0.25, 0.3) is 0 Å². The Morgan fingerprint density at radius 3 is 2.31 bits per heavy atom. The number of hydrogen-bond donors (Lipinski definition) is 0. The molecule has 1 rings (SSSR count). The summed E-state index contributed by atoms with van der Waals surface area (Å²) < 4.78 is 13.5. The first kappa shape index (κ1) is 12.5. The molecule has 0 radical (unpaired) electrons. The summed E-state index contributed by atoms with van der Waals surface area (Å²) >= 11 is 0.